The Morgan fingerprint density at radius 2 is 2.00 bits per heavy atom. The maximum Gasteiger partial charge on any atom is 0.338 e. The third-order valence-electron chi connectivity index (χ3n) is 4.30. The van der Waals surface area contributed by atoms with Gasteiger partial charge in [-0.15, -0.1) is 0 Å². The number of hydrogen-bond donors (Lipinski definition) is 1. The SMILES string of the molecule is CCCCOc1cc(C(=O)OC[C@@H](C(C)CC)N(C)C)ccc1O. The minimum absolute atomic E-state index is 0.0356. The van der Waals surface area contributed by atoms with Crippen LogP contribution < -0.4 is 4.74 Å². The molecule has 0 heterocycles. The van der Waals surface area contributed by atoms with Crippen molar-refractivity contribution in [3.63, 3.8) is 0 Å². The summed E-state index contributed by atoms with van der Waals surface area (Å²) in [6, 6.07) is 4.74. The van der Waals surface area contributed by atoms with Crippen molar-refractivity contribution in [1.29, 1.82) is 0 Å². The van der Waals surface area contributed by atoms with E-state index >= 15 is 0 Å². The number of nitrogens with zero attached hydrogens (tertiary/aromatic N) is 1. The summed E-state index contributed by atoms with van der Waals surface area (Å²) in [6.45, 7) is 7.20. The molecule has 0 bridgehead atoms. The Bertz CT molecular complexity index is 516. The molecule has 24 heavy (non-hydrogen) atoms. The topological polar surface area (TPSA) is 59.0 Å². The maximum absolute atomic E-state index is 12.3. The standard InChI is InChI=1S/C19H31NO4/c1-6-8-11-23-18-12-15(9-10-17(18)21)19(22)24-13-16(20(4)5)14(3)7-2/h9-10,12,14,16,21H,6-8,11,13H2,1-5H3/t14?,16-/m0/s1. The Balaban J connectivity index is 2.71. The summed E-state index contributed by atoms with van der Waals surface area (Å²) in [5, 5.41) is 9.83. The second-order valence-electron chi connectivity index (χ2n) is 6.40. The van der Waals surface area contributed by atoms with Crippen LogP contribution in [0.3, 0.4) is 0 Å². The maximum atomic E-state index is 12.3. The molecule has 0 aliphatic rings. The van der Waals surface area contributed by atoms with Gasteiger partial charge in [-0.05, 0) is 44.6 Å². The van der Waals surface area contributed by atoms with Crippen molar-refractivity contribution in [3.05, 3.63) is 23.8 Å². The number of hydrogen-bond acceptors (Lipinski definition) is 5. The van der Waals surface area contributed by atoms with Crippen LogP contribution in [0.25, 0.3) is 0 Å². The van der Waals surface area contributed by atoms with Gasteiger partial charge in [0.1, 0.15) is 6.61 Å². The van der Waals surface area contributed by atoms with Gasteiger partial charge >= 0.3 is 5.97 Å². The van der Waals surface area contributed by atoms with Crippen LogP contribution in [-0.2, 0) is 4.74 Å². The largest absolute Gasteiger partial charge is 0.504 e. The Morgan fingerprint density at radius 1 is 1.29 bits per heavy atom. The minimum Gasteiger partial charge on any atom is -0.504 e. The molecule has 1 rings (SSSR count). The van der Waals surface area contributed by atoms with Gasteiger partial charge in [0.05, 0.1) is 12.2 Å². The van der Waals surface area contributed by atoms with E-state index in [1.54, 1.807) is 12.1 Å². The fourth-order valence-electron chi connectivity index (χ4n) is 2.42. The van der Waals surface area contributed by atoms with E-state index in [0.717, 1.165) is 19.3 Å². The molecule has 0 aliphatic heterocycles. The first-order chi connectivity index (χ1) is 11.4. The summed E-state index contributed by atoms with van der Waals surface area (Å²) in [5.74, 6) is 0.392. The molecule has 0 amide bonds. The summed E-state index contributed by atoms with van der Waals surface area (Å²) in [7, 11) is 3.98. The number of carbonyl (C=O) groups excluding carboxylic acids is 1. The number of ether oxygens (including phenoxy) is 2. The summed E-state index contributed by atoms with van der Waals surface area (Å²) in [5.41, 5.74) is 0.390. The lowest BCUT2D eigenvalue weighted by atomic mass is 9.99. The molecule has 5 nitrogen and oxygen atoms in total. The number of rotatable bonds is 10. The first-order valence-electron chi connectivity index (χ1n) is 8.70. The molecule has 1 aromatic carbocycles. The van der Waals surface area contributed by atoms with Gasteiger partial charge in [0, 0.05) is 6.04 Å². The van der Waals surface area contributed by atoms with E-state index in [-0.39, 0.29) is 11.8 Å². The van der Waals surface area contributed by atoms with Crippen molar-refractivity contribution in [2.45, 2.75) is 46.1 Å². The van der Waals surface area contributed by atoms with Crippen molar-refractivity contribution in [2.24, 2.45) is 5.92 Å². The quantitative estimate of drug-likeness (QED) is 0.521. The fraction of sp³-hybridized carbons (Fsp3) is 0.632. The lowest BCUT2D eigenvalue weighted by Crippen LogP contribution is -2.38. The molecule has 1 aromatic rings. The number of phenols is 1. The van der Waals surface area contributed by atoms with Crippen molar-refractivity contribution >= 4 is 5.97 Å². The van der Waals surface area contributed by atoms with E-state index in [0.29, 0.717) is 30.4 Å². The number of unbranched alkanes of at least 4 members (excludes halogenated alkanes) is 1. The smallest absolute Gasteiger partial charge is 0.338 e. The molecule has 0 aliphatic carbocycles. The average molecular weight is 337 g/mol. The van der Waals surface area contributed by atoms with E-state index in [4.69, 9.17) is 9.47 Å². The highest BCUT2D eigenvalue weighted by atomic mass is 16.5. The molecule has 1 unspecified atom stereocenters. The van der Waals surface area contributed by atoms with Crippen LogP contribution >= 0.6 is 0 Å². The van der Waals surface area contributed by atoms with E-state index in [9.17, 15) is 9.90 Å². The average Bonchev–Trinajstić information content (AvgIpc) is 2.56. The van der Waals surface area contributed by atoms with Crippen molar-refractivity contribution in [1.82, 2.24) is 4.90 Å². The highest BCUT2D eigenvalue weighted by Crippen LogP contribution is 2.27. The van der Waals surface area contributed by atoms with E-state index in [2.05, 4.69) is 25.7 Å². The number of phenolic OH excluding ortho intramolecular Hbond substituents is 1. The van der Waals surface area contributed by atoms with Gasteiger partial charge < -0.3 is 19.5 Å². The lowest BCUT2D eigenvalue weighted by Gasteiger charge is -2.29. The van der Waals surface area contributed by atoms with Gasteiger partial charge in [0.15, 0.2) is 11.5 Å². The Morgan fingerprint density at radius 3 is 2.58 bits per heavy atom. The van der Waals surface area contributed by atoms with Crippen molar-refractivity contribution < 1.29 is 19.4 Å². The van der Waals surface area contributed by atoms with Crippen molar-refractivity contribution in [3.8, 4) is 11.5 Å². The number of aromatic hydroxyl groups is 1. The summed E-state index contributed by atoms with van der Waals surface area (Å²) >= 11 is 0. The predicted octanol–water partition coefficient (Wildman–Crippen LogP) is 3.70. The Labute approximate surface area is 145 Å². The molecule has 0 spiro atoms. The molecular weight excluding hydrogens is 306 g/mol. The molecule has 0 saturated carbocycles. The van der Waals surface area contributed by atoms with Crippen LogP contribution in [0.1, 0.15) is 50.4 Å². The predicted molar refractivity (Wildman–Crippen MR) is 95.7 cm³/mol. The second kappa shape index (κ2) is 10.2. The second-order valence-corrected chi connectivity index (χ2v) is 6.40. The highest BCUT2D eigenvalue weighted by Gasteiger charge is 2.21. The van der Waals surface area contributed by atoms with Crippen LogP contribution in [0.4, 0.5) is 0 Å². The third kappa shape index (κ3) is 6.04. The molecule has 136 valence electrons. The third-order valence-corrected chi connectivity index (χ3v) is 4.30. The lowest BCUT2D eigenvalue weighted by molar-refractivity contribution is 0.0336. The zero-order valence-electron chi connectivity index (χ0n) is 15.5. The van der Waals surface area contributed by atoms with Gasteiger partial charge in [0.2, 0.25) is 0 Å². The van der Waals surface area contributed by atoms with Crippen LogP contribution in [-0.4, -0.2) is 49.3 Å². The van der Waals surface area contributed by atoms with Gasteiger partial charge in [-0.25, -0.2) is 4.79 Å². The van der Waals surface area contributed by atoms with Gasteiger partial charge in [-0.3, -0.25) is 0 Å². The number of esters is 1. The molecule has 1 N–H and O–H groups in total. The summed E-state index contributed by atoms with van der Waals surface area (Å²) in [6.07, 6.45) is 2.92. The molecular formula is C19H31NO4. The highest BCUT2D eigenvalue weighted by molar-refractivity contribution is 5.90. The molecule has 5 heteroatoms. The zero-order chi connectivity index (χ0) is 18.1. The Kier molecular flexibility index (Phi) is 8.61. The Hall–Kier alpha value is -1.75. The molecule has 0 aromatic heterocycles. The van der Waals surface area contributed by atoms with Gasteiger partial charge in [-0.1, -0.05) is 33.6 Å². The number of likely N-dealkylation sites (N-methyl/N-ethyl adjacent to an activating group) is 1. The van der Waals surface area contributed by atoms with Crippen LogP contribution in [0.2, 0.25) is 0 Å². The zero-order valence-corrected chi connectivity index (χ0v) is 15.5. The van der Waals surface area contributed by atoms with E-state index in [1.165, 1.54) is 6.07 Å². The minimum atomic E-state index is -0.398. The van der Waals surface area contributed by atoms with Gasteiger partial charge in [0.25, 0.3) is 0 Å². The van der Waals surface area contributed by atoms with Crippen LogP contribution in [0, 0.1) is 5.92 Å². The van der Waals surface area contributed by atoms with Crippen LogP contribution in [0.15, 0.2) is 18.2 Å². The molecule has 0 radical (unpaired) electrons. The normalized spacial score (nSPS) is 13.6. The number of carbonyl (C=O) groups is 1. The molecule has 0 saturated heterocycles. The van der Waals surface area contributed by atoms with Crippen LogP contribution in [0.5, 0.6) is 11.5 Å². The summed E-state index contributed by atoms with van der Waals surface area (Å²) in [4.78, 5) is 14.4. The molecule has 2 atom stereocenters. The molecule has 0 fully saturated rings. The van der Waals surface area contributed by atoms with E-state index < -0.39 is 5.97 Å². The first-order valence-corrected chi connectivity index (χ1v) is 8.70. The van der Waals surface area contributed by atoms with E-state index in [1.807, 2.05) is 14.1 Å². The van der Waals surface area contributed by atoms with Crippen molar-refractivity contribution in [2.75, 3.05) is 27.3 Å². The van der Waals surface area contributed by atoms with Gasteiger partial charge in [-0.2, -0.15) is 0 Å². The monoisotopic (exact) mass is 337 g/mol. The number of benzene rings is 1. The fourth-order valence-corrected chi connectivity index (χ4v) is 2.42. The summed E-state index contributed by atoms with van der Waals surface area (Å²) < 4.78 is 11.0. The first kappa shape index (κ1) is 20.3.